The van der Waals surface area contributed by atoms with Crippen LogP contribution in [0, 0.1) is 0 Å². The van der Waals surface area contributed by atoms with Crippen LogP contribution in [0.2, 0.25) is 0 Å². The van der Waals surface area contributed by atoms with Crippen LogP contribution in [-0.4, -0.2) is 51.8 Å². The van der Waals surface area contributed by atoms with Gasteiger partial charge in [-0.05, 0) is 32.9 Å². The third-order valence-electron chi connectivity index (χ3n) is 3.20. The summed E-state index contributed by atoms with van der Waals surface area (Å²) in [5.74, 6) is 6.46. The number of rotatable bonds is 9. The Morgan fingerprint density at radius 3 is 2.81 bits per heavy atom. The van der Waals surface area contributed by atoms with Gasteiger partial charge in [0.15, 0.2) is 5.82 Å². The molecule has 0 unspecified atom stereocenters. The molecule has 9 nitrogen and oxygen atoms in total. The maximum absolute atomic E-state index is 11.8. The fourth-order valence-corrected chi connectivity index (χ4v) is 2.80. The molecule has 0 aliphatic heterocycles. The second-order valence-electron chi connectivity index (χ2n) is 5.74. The number of benzene rings is 1. The standard InChI is InChI=1S/C17H23N5O4S/c1-4-25-15(24)9-19-14(23)10-27-17-21-20-16(22(17)18)12-6-5-7-13(8-12)26-11(2)3/h5-8,11H,4,9-10,18H2,1-3H3,(H,19,23). The number of nitrogens with one attached hydrogen (secondary N) is 1. The van der Waals surface area contributed by atoms with Crippen molar-refractivity contribution in [3.63, 3.8) is 0 Å². The summed E-state index contributed by atoms with van der Waals surface area (Å²) < 4.78 is 11.7. The average molecular weight is 393 g/mol. The largest absolute Gasteiger partial charge is 0.491 e. The predicted octanol–water partition coefficient (Wildman–Crippen LogP) is 1.22. The lowest BCUT2D eigenvalue weighted by Gasteiger charge is -2.10. The molecule has 0 atom stereocenters. The Bertz CT molecular complexity index is 793. The second kappa shape index (κ2) is 9.81. The van der Waals surface area contributed by atoms with Gasteiger partial charge in [-0.15, -0.1) is 10.2 Å². The van der Waals surface area contributed by atoms with E-state index in [9.17, 15) is 9.59 Å². The van der Waals surface area contributed by atoms with E-state index in [-0.39, 0.29) is 30.9 Å². The van der Waals surface area contributed by atoms with Crippen LogP contribution in [0.15, 0.2) is 29.4 Å². The van der Waals surface area contributed by atoms with Crippen LogP contribution in [0.4, 0.5) is 0 Å². The third-order valence-corrected chi connectivity index (χ3v) is 4.14. The van der Waals surface area contributed by atoms with E-state index in [1.807, 2.05) is 38.1 Å². The maximum atomic E-state index is 11.8. The summed E-state index contributed by atoms with van der Waals surface area (Å²) in [6.07, 6.45) is 0.0511. The molecule has 1 aromatic carbocycles. The number of nitrogens with two attached hydrogens (primary N) is 1. The lowest BCUT2D eigenvalue weighted by Crippen LogP contribution is -2.32. The quantitative estimate of drug-likeness (QED) is 0.370. The summed E-state index contributed by atoms with van der Waals surface area (Å²) in [5, 5.41) is 11.0. The van der Waals surface area contributed by atoms with Gasteiger partial charge >= 0.3 is 5.97 Å². The summed E-state index contributed by atoms with van der Waals surface area (Å²) in [5.41, 5.74) is 0.752. The van der Waals surface area contributed by atoms with Crippen molar-refractivity contribution in [1.82, 2.24) is 20.2 Å². The summed E-state index contributed by atoms with van der Waals surface area (Å²) in [4.78, 5) is 23.0. The Balaban J connectivity index is 1.97. The van der Waals surface area contributed by atoms with Crippen molar-refractivity contribution in [1.29, 1.82) is 0 Å². The molecule has 10 heteroatoms. The van der Waals surface area contributed by atoms with Gasteiger partial charge < -0.3 is 20.6 Å². The minimum atomic E-state index is -0.483. The van der Waals surface area contributed by atoms with Gasteiger partial charge in [0.05, 0.1) is 18.5 Å². The molecular weight excluding hydrogens is 370 g/mol. The molecule has 0 saturated carbocycles. The van der Waals surface area contributed by atoms with Crippen molar-refractivity contribution >= 4 is 23.6 Å². The molecule has 0 radical (unpaired) electrons. The van der Waals surface area contributed by atoms with E-state index >= 15 is 0 Å². The molecule has 1 heterocycles. The Kier molecular flexibility index (Phi) is 7.47. The zero-order valence-corrected chi connectivity index (χ0v) is 16.3. The van der Waals surface area contributed by atoms with Gasteiger partial charge in [0.1, 0.15) is 12.3 Å². The number of nitrogen functional groups attached to an aromatic ring is 1. The van der Waals surface area contributed by atoms with Gasteiger partial charge in [-0.25, -0.2) is 4.68 Å². The van der Waals surface area contributed by atoms with Crippen LogP contribution in [0.3, 0.4) is 0 Å². The van der Waals surface area contributed by atoms with E-state index in [0.29, 0.717) is 16.7 Å². The number of hydrogen-bond donors (Lipinski definition) is 2. The van der Waals surface area contributed by atoms with Crippen LogP contribution >= 0.6 is 11.8 Å². The summed E-state index contributed by atoms with van der Waals surface area (Å²) in [6.45, 7) is 5.69. The van der Waals surface area contributed by atoms with Crippen LogP contribution in [0.1, 0.15) is 20.8 Å². The van der Waals surface area contributed by atoms with E-state index in [0.717, 1.165) is 17.3 Å². The van der Waals surface area contributed by atoms with Crippen molar-refractivity contribution in [2.45, 2.75) is 32.0 Å². The zero-order valence-electron chi connectivity index (χ0n) is 15.5. The number of carbonyl (C=O) groups is 2. The highest BCUT2D eigenvalue weighted by Crippen LogP contribution is 2.25. The Hall–Kier alpha value is -2.75. The number of thioether (sulfide) groups is 1. The fourth-order valence-electron chi connectivity index (χ4n) is 2.12. The van der Waals surface area contributed by atoms with E-state index in [2.05, 4.69) is 15.5 Å². The van der Waals surface area contributed by atoms with E-state index < -0.39 is 5.97 Å². The van der Waals surface area contributed by atoms with Crippen LogP contribution in [-0.2, 0) is 14.3 Å². The number of ether oxygens (including phenoxy) is 2. The number of hydrogen-bond acceptors (Lipinski definition) is 8. The number of carbonyl (C=O) groups excluding carboxylic acids is 2. The number of aromatic nitrogens is 3. The SMILES string of the molecule is CCOC(=O)CNC(=O)CSc1nnc(-c2cccc(OC(C)C)c2)n1N. The van der Waals surface area contributed by atoms with Gasteiger partial charge in [-0.1, -0.05) is 23.9 Å². The van der Waals surface area contributed by atoms with E-state index in [1.165, 1.54) is 4.68 Å². The molecule has 3 N–H and O–H groups in total. The highest BCUT2D eigenvalue weighted by molar-refractivity contribution is 7.99. The van der Waals surface area contributed by atoms with E-state index in [4.69, 9.17) is 15.3 Å². The molecule has 2 rings (SSSR count). The summed E-state index contributed by atoms with van der Waals surface area (Å²) >= 11 is 1.12. The van der Waals surface area contributed by atoms with Crippen molar-refractivity contribution in [2.24, 2.45) is 0 Å². The first kappa shape index (κ1) is 20.6. The van der Waals surface area contributed by atoms with Gasteiger partial charge in [-0.3, -0.25) is 9.59 Å². The molecule has 0 bridgehead atoms. The normalized spacial score (nSPS) is 10.7. The predicted molar refractivity (Wildman–Crippen MR) is 102 cm³/mol. The Labute approximate surface area is 161 Å². The number of amides is 1. The minimum absolute atomic E-state index is 0.0469. The van der Waals surface area contributed by atoms with Crippen molar-refractivity contribution in [3.8, 4) is 17.1 Å². The number of nitrogens with zero attached hydrogens (tertiary/aromatic N) is 3. The molecule has 27 heavy (non-hydrogen) atoms. The van der Waals surface area contributed by atoms with Crippen LogP contribution in [0.5, 0.6) is 5.75 Å². The van der Waals surface area contributed by atoms with Crippen molar-refractivity contribution in [3.05, 3.63) is 24.3 Å². The topological polar surface area (TPSA) is 121 Å². The summed E-state index contributed by atoms with van der Waals surface area (Å²) in [7, 11) is 0. The summed E-state index contributed by atoms with van der Waals surface area (Å²) in [6, 6.07) is 7.37. The third kappa shape index (κ3) is 6.17. The van der Waals surface area contributed by atoms with Gasteiger partial charge in [0, 0.05) is 5.56 Å². The Morgan fingerprint density at radius 1 is 1.33 bits per heavy atom. The molecule has 0 aliphatic rings. The lowest BCUT2D eigenvalue weighted by atomic mass is 10.2. The molecule has 146 valence electrons. The average Bonchev–Trinajstić information content (AvgIpc) is 2.99. The van der Waals surface area contributed by atoms with Crippen LogP contribution in [0.25, 0.3) is 11.4 Å². The molecule has 1 aromatic heterocycles. The maximum Gasteiger partial charge on any atom is 0.325 e. The molecule has 2 aromatic rings. The monoisotopic (exact) mass is 393 g/mol. The zero-order chi connectivity index (χ0) is 19.8. The Morgan fingerprint density at radius 2 is 2.11 bits per heavy atom. The van der Waals surface area contributed by atoms with Crippen molar-refractivity contribution < 1.29 is 19.1 Å². The van der Waals surface area contributed by atoms with Gasteiger partial charge in [0.2, 0.25) is 11.1 Å². The van der Waals surface area contributed by atoms with Crippen LogP contribution < -0.4 is 15.9 Å². The first-order valence-corrected chi connectivity index (χ1v) is 9.42. The van der Waals surface area contributed by atoms with Crippen molar-refractivity contribution in [2.75, 3.05) is 24.7 Å². The molecular formula is C17H23N5O4S. The molecule has 1 amide bonds. The highest BCUT2D eigenvalue weighted by atomic mass is 32.2. The smallest absolute Gasteiger partial charge is 0.325 e. The molecule has 0 aliphatic carbocycles. The van der Waals surface area contributed by atoms with Gasteiger partial charge in [-0.2, -0.15) is 0 Å². The molecule has 0 spiro atoms. The fraction of sp³-hybridized carbons (Fsp3) is 0.412. The number of esters is 1. The van der Waals surface area contributed by atoms with E-state index in [1.54, 1.807) is 6.92 Å². The second-order valence-corrected chi connectivity index (χ2v) is 6.68. The highest BCUT2D eigenvalue weighted by Gasteiger charge is 2.15. The first-order chi connectivity index (χ1) is 12.9. The minimum Gasteiger partial charge on any atom is -0.491 e. The van der Waals surface area contributed by atoms with Gasteiger partial charge in [0.25, 0.3) is 0 Å². The molecule has 0 fully saturated rings. The lowest BCUT2D eigenvalue weighted by molar-refractivity contribution is -0.143. The first-order valence-electron chi connectivity index (χ1n) is 8.43. The molecule has 0 saturated heterocycles.